The lowest BCUT2D eigenvalue weighted by Crippen LogP contribution is -2.29. The van der Waals surface area contributed by atoms with Gasteiger partial charge in [0.1, 0.15) is 18.2 Å². The van der Waals surface area contributed by atoms with E-state index in [1.165, 1.54) is 28.4 Å². The number of benzene rings is 5. The molecule has 0 saturated heterocycles. The molecule has 0 fully saturated rings. The van der Waals surface area contributed by atoms with Gasteiger partial charge in [-0.25, -0.2) is 4.39 Å². The molecule has 0 radical (unpaired) electrons. The van der Waals surface area contributed by atoms with Crippen LogP contribution in [-0.4, -0.2) is 6.21 Å². The summed E-state index contributed by atoms with van der Waals surface area (Å²) in [5, 5.41) is 5.97. The minimum atomic E-state index is -0.269. The molecule has 7 rings (SSSR count). The summed E-state index contributed by atoms with van der Waals surface area (Å²) < 4.78 is 20.4. The van der Waals surface area contributed by atoms with Gasteiger partial charge in [-0.1, -0.05) is 90.5 Å². The van der Waals surface area contributed by atoms with Crippen LogP contribution < -0.4 is 10.1 Å². The zero-order valence-electron chi connectivity index (χ0n) is 22.9. The molecule has 202 valence electrons. The maximum absolute atomic E-state index is 14.2. The topological polar surface area (TPSA) is 33.6 Å². The van der Waals surface area contributed by atoms with Crippen molar-refractivity contribution >= 4 is 28.4 Å². The van der Waals surface area contributed by atoms with Gasteiger partial charge in [-0.15, -0.1) is 0 Å². The molecule has 0 amide bonds. The summed E-state index contributed by atoms with van der Waals surface area (Å²) in [4.78, 5) is 4.85. The van der Waals surface area contributed by atoms with Crippen LogP contribution in [-0.2, 0) is 6.61 Å². The Morgan fingerprint density at radius 3 is 2.63 bits per heavy atom. The molecule has 0 saturated carbocycles. The van der Waals surface area contributed by atoms with E-state index in [-0.39, 0.29) is 18.5 Å². The quantitative estimate of drug-likeness (QED) is 0.173. The summed E-state index contributed by atoms with van der Waals surface area (Å²) in [6.07, 6.45) is 7.65. The smallest absolute Gasteiger partial charge is 0.129 e. The lowest BCUT2D eigenvalue weighted by Gasteiger charge is -2.37. The third-order valence-electron chi connectivity index (χ3n) is 8.38. The zero-order valence-corrected chi connectivity index (χ0v) is 22.9. The normalized spacial score (nSPS) is 19.2. The highest BCUT2D eigenvalue weighted by Gasteiger charge is 2.37. The summed E-state index contributed by atoms with van der Waals surface area (Å²) in [5.74, 6) is 1.35. The summed E-state index contributed by atoms with van der Waals surface area (Å²) in [7, 11) is 0. The molecule has 0 aromatic heterocycles. The number of ether oxygens (including phenoxy) is 1. The van der Waals surface area contributed by atoms with Gasteiger partial charge in [-0.3, -0.25) is 4.99 Å². The monoisotopic (exact) mass is 538 g/mol. The van der Waals surface area contributed by atoms with Crippen LogP contribution in [0.2, 0.25) is 0 Å². The Kier molecular flexibility index (Phi) is 6.60. The second kappa shape index (κ2) is 10.7. The van der Waals surface area contributed by atoms with Crippen molar-refractivity contribution in [2.45, 2.75) is 31.9 Å². The van der Waals surface area contributed by atoms with E-state index in [0.29, 0.717) is 23.1 Å². The Labute approximate surface area is 240 Å². The standard InChI is InChI=1S/C37H31FN2O/c1-24-13-19-35-32(21-24)30-10-6-11-31(30)37(40-35)26-14-17-28(18-15-26)39-22-33-29-9-4-2-7-25(29)16-20-36(33)41-23-27-8-3-5-12-34(27)38/h2-10,12-22,30-31,37,40H,11,23H2,1H3/t30-,31+,37-/m1/s1. The Morgan fingerprint density at radius 1 is 0.927 bits per heavy atom. The van der Waals surface area contributed by atoms with E-state index in [4.69, 9.17) is 9.73 Å². The second-order valence-electron chi connectivity index (χ2n) is 11.0. The molecule has 0 spiro atoms. The number of hydrogen-bond acceptors (Lipinski definition) is 3. The third kappa shape index (κ3) is 4.91. The van der Waals surface area contributed by atoms with E-state index in [2.05, 4.69) is 79.0 Å². The maximum atomic E-state index is 14.2. The van der Waals surface area contributed by atoms with Crippen LogP contribution in [0.4, 0.5) is 15.8 Å². The molecule has 1 aliphatic heterocycles. The Balaban J connectivity index is 1.16. The van der Waals surface area contributed by atoms with E-state index >= 15 is 0 Å². The molecule has 5 aromatic carbocycles. The highest BCUT2D eigenvalue weighted by molar-refractivity contribution is 6.03. The van der Waals surface area contributed by atoms with Gasteiger partial charge in [0.15, 0.2) is 0 Å². The third-order valence-corrected chi connectivity index (χ3v) is 8.38. The predicted molar refractivity (Wildman–Crippen MR) is 166 cm³/mol. The van der Waals surface area contributed by atoms with Gasteiger partial charge in [0.2, 0.25) is 0 Å². The first-order valence-corrected chi connectivity index (χ1v) is 14.2. The number of allylic oxidation sites excluding steroid dienone is 2. The summed E-state index contributed by atoms with van der Waals surface area (Å²) in [6.45, 7) is 2.31. The SMILES string of the molecule is Cc1ccc2c(c1)[C@@H]1C=CC[C@@H]1[C@@H](c1ccc(N=Cc3c(OCc4ccccc4F)ccc4ccccc34)cc1)N2. The van der Waals surface area contributed by atoms with Crippen LogP contribution in [0.25, 0.3) is 10.8 Å². The van der Waals surface area contributed by atoms with Gasteiger partial charge >= 0.3 is 0 Å². The number of nitrogens with one attached hydrogen (secondary N) is 1. The lowest BCUT2D eigenvalue weighted by atomic mass is 9.76. The van der Waals surface area contributed by atoms with Gasteiger partial charge < -0.3 is 10.1 Å². The number of hydrogen-bond donors (Lipinski definition) is 1. The van der Waals surface area contributed by atoms with Crippen LogP contribution in [0.1, 0.15) is 46.2 Å². The second-order valence-corrected chi connectivity index (χ2v) is 11.0. The largest absolute Gasteiger partial charge is 0.488 e. The fourth-order valence-electron chi connectivity index (χ4n) is 6.26. The van der Waals surface area contributed by atoms with Gasteiger partial charge in [-0.2, -0.15) is 0 Å². The molecular formula is C37H31FN2O. The fourth-order valence-corrected chi connectivity index (χ4v) is 6.26. The van der Waals surface area contributed by atoms with Crippen LogP contribution in [0.5, 0.6) is 5.75 Å². The van der Waals surface area contributed by atoms with Crippen molar-refractivity contribution in [1.29, 1.82) is 0 Å². The number of halogens is 1. The van der Waals surface area contributed by atoms with Crippen molar-refractivity contribution in [2.75, 3.05) is 5.32 Å². The number of aliphatic imine (C=N–C) groups is 1. The molecule has 2 aliphatic rings. The Morgan fingerprint density at radius 2 is 1.76 bits per heavy atom. The molecule has 3 nitrogen and oxygen atoms in total. The number of fused-ring (bicyclic) bond motifs is 4. The predicted octanol–water partition coefficient (Wildman–Crippen LogP) is 9.44. The first kappa shape index (κ1) is 25.3. The number of aryl methyl sites for hydroxylation is 1. The number of nitrogens with zero attached hydrogens (tertiary/aromatic N) is 1. The summed E-state index contributed by atoms with van der Waals surface area (Å²) in [6, 6.07) is 34.4. The minimum absolute atomic E-state index is 0.147. The molecule has 1 N–H and O–H groups in total. The van der Waals surface area contributed by atoms with Gasteiger partial charge in [0.25, 0.3) is 0 Å². The summed E-state index contributed by atoms with van der Waals surface area (Å²) in [5.41, 5.74) is 7.48. The van der Waals surface area contributed by atoms with Crippen molar-refractivity contribution in [3.63, 3.8) is 0 Å². The highest BCUT2D eigenvalue weighted by Crippen LogP contribution is 2.50. The minimum Gasteiger partial charge on any atom is -0.488 e. The van der Waals surface area contributed by atoms with E-state index in [1.54, 1.807) is 12.1 Å². The molecule has 0 bridgehead atoms. The van der Waals surface area contributed by atoms with Crippen LogP contribution in [0.15, 0.2) is 120 Å². The maximum Gasteiger partial charge on any atom is 0.129 e. The van der Waals surface area contributed by atoms with Crippen molar-refractivity contribution < 1.29 is 9.13 Å². The van der Waals surface area contributed by atoms with E-state index in [9.17, 15) is 4.39 Å². The van der Waals surface area contributed by atoms with E-state index < -0.39 is 0 Å². The molecule has 1 heterocycles. The molecule has 41 heavy (non-hydrogen) atoms. The van der Waals surface area contributed by atoms with Crippen LogP contribution in [0.3, 0.4) is 0 Å². The molecular weight excluding hydrogens is 507 g/mol. The average molecular weight is 539 g/mol. The van der Waals surface area contributed by atoms with Crippen molar-refractivity contribution in [3.05, 3.63) is 149 Å². The molecule has 0 unspecified atom stereocenters. The average Bonchev–Trinajstić information content (AvgIpc) is 3.50. The first-order chi connectivity index (χ1) is 20.1. The number of rotatable bonds is 6. The van der Waals surface area contributed by atoms with Gasteiger partial charge in [0.05, 0.1) is 11.7 Å². The van der Waals surface area contributed by atoms with Gasteiger partial charge in [0, 0.05) is 28.9 Å². The van der Waals surface area contributed by atoms with Crippen LogP contribution >= 0.6 is 0 Å². The fraction of sp³-hybridized carbons (Fsp3) is 0.162. The van der Waals surface area contributed by atoms with Crippen molar-refractivity contribution in [2.24, 2.45) is 10.9 Å². The first-order valence-electron chi connectivity index (χ1n) is 14.2. The molecule has 1 aliphatic carbocycles. The van der Waals surface area contributed by atoms with E-state index in [0.717, 1.165) is 28.4 Å². The van der Waals surface area contributed by atoms with Crippen molar-refractivity contribution in [3.8, 4) is 5.75 Å². The molecule has 5 aromatic rings. The summed E-state index contributed by atoms with van der Waals surface area (Å²) >= 11 is 0. The van der Waals surface area contributed by atoms with E-state index in [1.807, 2.05) is 36.5 Å². The van der Waals surface area contributed by atoms with Crippen LogP contribution in [0, 0.1) is 18.7 Å². The molecule has 4 heteroatoms. The van der Waals surface area contributed by atoms with Crippen molar-refractivity contribution in [1.82, 2.24) is 0 Å². The Hall–Kier alpha value is -4.70. The highest BCUT2D eigenvalue weighted by atomic mass is 19.1. The lowest BCUT2D eigenvalue weighted by molar-refractivity contribution is 0.300. The Bertz CT molecular complexity index is 1790. The molecule has 3 atom stereocenters. The number of anilines is 1. The zero-order chi connectivity index (χ0) is 27.8. The van der Waals surface area contributed by atoms with Gasteiger partial charge in [-0.05, 0) is 71.5 Å².